The Morgan fingerprint density at radius 2 is 1.91 bits per heavy atom. The lowest BCUT2D eigenvalue weighted by Gasteiger charge is -2.38. The van der Waals surface area contributed by atoms with E-state index >= 15 is 0 Å². The molecule has 5 N–H and O–H groups in total. The highest BCUT2D eigenvalue weighted by Gasteiger charge is 2.36. The maximum Gasteiger partial charge on any atom is 0.227 e. The SMILES string of the molecule is O=C(NCC(O)(CO)CO)C1CN(C(=O)Cc2ccc(OCCCC3CCNCC3)cc2F)C1. The van der Waals surface area contributed by atoms with Crippen LogP contribution >= 0.6 is 0 Å². The molecule has 2 fully saturated rings. The van der Waals surface area contributed by atoms with Gasteiger partial charge in [-0.1, -0.05) is 6.07 Å². The van der Waals surface area contributed by atoms with Crippen molar-refractivity contribution in [1.82, 2.24) is 15.5 Å². The van der Waals surface area contributed by atoms with Crippen LogP contribution in [0.5, 0.6) is 5.75 Å². The first-order valence-corrected chi connectivity index (χ1v) is 11.9. The maximum absolute atomic E-state index is 14.5. The molecule has 2 heterocycles. The van der Waals surface area contributed by atoms with Crippen LogP contribution in [0.4, 0.5) is 4.39 Å². The first-order chi connectivity index (χ1) is 16.3. The summed E-state index contributed by atoms with van der Waals surface area (Å²) in [5, 5.41) is 33.7. The van der Waals surface area contributed by atoms with Crippen molar-refractivity contribution in [2.75, 3.05) is 52.5 Å². The van der Waals surface area contributed by atoms with Gasteiger partial charge in [0.05, 0.1) is 38.7 Å². The summed E-state index contributed by atoms with van der Waals surface area (Å²) in [4.78, 5) is 26.0. The highest BCUT2D eigenvalue weighted by Crippen LogP contribution is 2.22. The number of carbonyl (C=O) groups excluding carboxylic acids is 2. The summed E-state index contributed by atoms with van der Waals surface area (Å²) < 4.78 is 20.2. The molecule has 0 atom stereocenters. The number of aliphatic hydroxyl groups is 3. The minimum absolute atomic E-state index is 0.106. The number of rotatable bonds is 12. The van der Waals surface area contributed by atoms with E-state index in [1.54, 1.807) is 12.1 Å². The molecule has 2 aliphatic heterocycles. The van der Waals surface area contributed by atoms with E-state index in [-0.39, 0.29) is 43.4 Å². The van der Waals surface area contributed by atoms with Gasteiger partial charge in [0.2, 0.25) is 11.8 Å². The van der Waals surface area contributed by atoms with Gasteiger partial charge in [0.15, 0.2) is 0 Å². The lowest BCUT2D eigenvalue weighted by atomic mass is 9.93. The lowest BCUT2D eigenvalue weighted by molar-refractivity contribution is -0.143. The molecule has 190 valence electrons. The second kappa shape index (κ2) is 12.4. The molecule has 2 saturated heterocycles. The van der Waals surface area contributed by atoms with Crippen molar-refractivity contribution in [2.45, 2.75) is 37.7 Å². The zero-order valence-corrected chi connectivity index (χ0v) is 19.5. The van der Waals surface area contributed by atoms with E-state index in [9.17, 15) is 19.1 Å². The molecule has 0 aliphatic carbocycles. The highest BCUT2D eigenvalue weighted by molar-refractivity contribution is 5.85. The monoisotopic (exact) mass is 481 g/mol. The molecule has 2 amide bonds. The van der Waals surface area contributed by atoms with Crippen molar-refractivity contribution >= 4 is 11.8 Å². The summed E-state index contributed by atoms with van der Waals surface area (Å²) in [6.07, 6.45) is 4.31. The number of carbonyl (C=O) groups is 2. The molecule has 9 nitrogen and oxygen atoms in total. The standard InChI is InChI=1S/C24H36FN3O6/c25-21-11-20(34-9-1-2-17-5-7-26-8-6-17)4-3-18(21)10-22(31)28-12-19(13-28)23(32)27-14-24(33,15-29)16-30/h3-4,11,17,19,26,29-30,33H,1-2,5-10,12-16H2,(H,27,32). The Balaban J connectivity index is 1.36. The van der Waals surface area contributed by atoms with Crippen LogP contribution in [0.25, 0.3) is 0 Å². The predicted octanol–water partition coefficient (Wildman–Crippen LogP) is -0.183. The number of halogens is 1. The third-order valence-corrected chi connectivity index (χ3v) is 6.64. The molecule has 34 heavy (non-hydrogen) atoms. The molecule has 3 rings (SSSR count). The molecule has 10 heteroatoms. The summed E-state index contributed by atoms with van der Waals surface area (Å²) in [6.45, 7) is 1.40. The number of piperidine rings is 1. The summed E-state index contributed by atoms with van der Waals surface area (Å²) in [5.74, 6) is -0.419. The number of hydrogen-bond acceptors (Lipinski definition) is 7. The Labute approximate surface area is 199 Å². The smallest absolute Gasteiger partial charge is 0.227 e. The second-order valence-electron chi connectivity index (χ2n) is 9.37. The average Bonchev–Trinajstić information content (AvgIpc) is 2.81. The molecule has 0 unspecified atom stereocenters. The molecule has 0 radical (unpaired) electrons. The van der Waals surface area contributed by atoms with Crippen molar-refractivity contribution in [3.63, 3.8) is 0 Å². The van der Waals surface area contributed by atoms with Crippen LogP contribution in [0.1, 0.15) is 31.2 Å². The minimum Gasteiger partial charge on any atom is -0.493 e. The maximum atomic E-state index is 14.5. The van der Waals surface area contributed by atoms with Crippen molar-refractivity contribution < 1.29 is 34.0 Å². The topological polar surface area (TPSA) is 131 Å². The van der Waals surface area contributed by atoms with Gasteiger partial charge in [-0.3, -0.25) is 9.59 Å². The summed E-state index contributed by atoms with van der Waals surface area (Å²) >= 11 is 0. The van der Waals surface area contributed by atoms with Gasteiger partial charge < -0.3 is 35.6 Å². The summed E-state index contributed by atoms with van der Waals surface area (Å²) in [7, 11) is 0. The van der Waals surface area contributed by atoms with Gasteiger partial charge in [0.25, 0.3) is 0 Å². The number of ether oxygens (including phenoxy) is 1. The van der Waals surface area contributed by atoms with E-state index in [2.05, 4.69) is 10.6 Å². The predicted molar refractivity (Wildman–Crippen MR) is 123 cm³/mol. The quantitative estimate of drug-likeness (QED) is 0.262. The van der Waals surface area contributed by atoms with Crippen molar-refractivity contribution in [3.8, 4) is 5.75 Å². The van der Waals surface area contributed by atoms with Crippen LogP contribution in [0.3, 0.4) is 0 Å². The van der Waals surface area contributed by atoms with Gasteiger partial charge in [0.1, 0.15) is 17.2 Å². The zero-order chi connectivity index (χ0) is 24.6. The zero-order valence-electron chi connectivity index (χ0n) is 19.5. The molecule has 0 bridgehead atoms. The van der Waals surface area contributed by atoms with Gasteiger partial charge >= 0.3 is 0 Å². The molecule has 1 aromatic carbocycles. The van der Waals surface area contributed by atoms with E-state index in [1.165, 1.54) is 23.8 Å². The van der Waals surface area contributed by atoms with Crippen LogP contribution in [0.2, 0.25) is 0 Å². The molecule has 1 aromatic rings. The van der Waals surface area contributed by atoms with Crippen LogP contribution in [0.15, 0.2) is 18.2 Å². The van der Waals surface area contributed by atoms with Gasteiger partial charge in [-0.05, 0) is 56.3 Å². The molecule has 0 spiro atoms. The number of likely N-dealkylation sites (tertiary alicyclic amines) is 1. The van der Waals surface area contributed by atoms with E-state index in [0.29, 0.717) is 12.4 Å². The number of hydrogen-bond donors (Lipinski definition) is 5. The summed E-state index contributed by atoms with van der Waals surface area (Å²) in [6, 6.07) is 4.54. The van der Waals surface area contributed by atoms with Crippen LogP contribution in [0, 0.1) is 17.7 Å². The second-order valence-corrected chi connectivity index (χ2v) is 9.37. The van der Waals surface area contributed by atoms with E-state index in [1.807, 2.05) is 0 Å². The average molecular weight is 482 g/mol. The van der Waals surface area contributed by atoms with Crippen molar-refractivity contribution in [2.24, 2.45) is 11.8 Å². The number of benzene rings is 1. The summed E-state index contributed by atoms with van der Waals surface area (Å²) in [5.41, 5.74) is -1.51. The number of aliphatic hydroxyl groups excluding tert-OH is 2. The van der Waals surface area contributed by atoms with E-state index in [0.717, 1.165) is 31.8 Å². The van der Waals surface area contributed by atoms with E-state index < -0.39 is 30.5 Å². The largest absolute Gasteiger partial charge is 0.493 e. The van der Waals surface area contributed by atoms with Crippen LogP contribution in [-0.4, -0.2) is 90.2 Å². The third-order valence-electron chi connectivity index (χ3n) is 6.64. The fourth-order valence-electron chi connectivity index (χ4n) is 4.17. The molecule has 0 aromatic heterocycles. The molecular formula is C24H36FN3O6. The Bertz CT molecular complexity index is 823. The fraction of sp³-hybridized carbons (Fsp3) is 0.667. The first kappa shape index (κ1) is 26.3. The van der Waals surface area contributed by atoms with Gasteiger partial charge in [-0.15, -0.1) is 0 Å². The Morgan fingerprint density at radius 1 is 1.21 bits per heavy atom. The van der Waals surface area contributed by atoms with Gasteiger partial charge in [-0.2, -0.15) is 0 Å². The number of nitrogens with one attached hydrogen (secondary N) is 2. The number of amides is 2. The van der Waals surface area contributed by atoms with Crippen molar-refractivity contribution in [3.05, 3.63) is 29.6 Å². The van der Waals surface area contributed by atoms with Gasteiger partial charge in [0, 0.05) is 19.2 Å². The Kier molecular flexibility index (Phi) is 9.63. The van der Waals surface area contributed by atoms with Gasteiger partial charge in [-0.25, -0.2) is 4.39 Å². The molecule has 0 saturated carbocycles. The minimum atomic E-state index is -1.78. The number of nitrogens with zero attached hydrogens (tertiary/aromatic N) is 1. The van der Waals surface area contributed by atoms with E-state index in [4.69, 9.17) is 14.9 Å². The molecular weight excluding hydrogens is 445 g/mol. The Morgan fingerprint density at radius 3 is 2.56 bits per heavy atom. The third kappa shape index (κ3) is 7.36. The highest BCUT2D eigenvalue weighted by atomic mass is 19.1. The molecule has 2 aliphatic rings. The fourth-order valence-corrected chi connectivity index (χ4v) is 4.17. The lowest BCUT2D eigenvalue weighted by Crippen LogP contribution is -2.58. The van der Waals surface area contributed by atoms with Crippen molar-refractivity contribution in [1.29, 1.82) is 0 Å². The normalized spacial score (nSPS) is 17.4. The Hall–Kier alpha value is -2.27. The first-order valence-electron chi connectivity index (χ1n) is 11.9. The van der Waals surface area contributed by atoms with Crippen LogP contribution < -0.4 is 15.4 Å². The van der Waals surface area contributed by atoms with Crippen LogP contribution in [-0.2, 0) is 16.0 Å².